The highest BCUT2D eigenvalue weighted by Crippen LogP contribution is 2.48. The number of benzene rings is 1. The first kappa shape index (κ1) is 10.8. The van der Waals surface area contributed by atoms with Gasteiger partial charge in [-0.1, -0.05) is 0 Å². The largest absolute Gasteiger partial charge is 0.573 e. The Hall–Kier alpha value is -1.70. The van der Waals surface area contributed by atoms with E-state index in [4.69, 9.17) is 5.26 Å². The Bertz CT molecular complexity index is 443. The third-order valence-corrected chi connectivity index (χ3v) is 2.51. The lowest BCUT2D eigenvalue weighted by molar-refractivity contribution is -0.274. The minimum atomic E-state index is -4.71. The van der Waals surface area contributed by atoms with Gasteiger partial charge in [0.1, 0.15) is 5.75 Å². The summed E-state index contributed by atoms with van der Waals surface area (Å²) in [6, 6.07) is 8.54. The molecule has 1 fully saturated rings. The van der Waals surface area contributed by atoms with Gasteiger partial charge in [0, 0.05) is 0 Å². The van der Waals surface area contributed by atoms with Crippen LogP contribution in [0.5, 0.6) is 5.75 Å². The monoisotopic (exact) mass is 226 g/mol. The van der Waals surface area contributed by atoms with E-state index in [1.165, 1.54) is 12.1 Å². The molecular formula is C11H7F3NO. The van der Waals surface area contributed by atoms with Crippen molar-refractivity contribution in [1.82, 2.24) is 0 Å². The molecular weight excluding hydrogens is 219 g/mol. The average Bonchev–Trinajstić information content (AvgIpc) is 2.96. The molecule has 0 heterocycles. The molecule has 1 saturated carbocycles. The summed E-state index contributed by atoms with van der Waals surface area (Å²) in [7, 11) is 0. The molecule has 0 N–H and O–H groups in total. The van der Waals surface area contributed by atoms with Crippen LogP contribution in [0.2, 0.25) is 0 Å². The third-order valence-electron chi connectivity index (χ3n) is 2.51. The quantitative estimate of drug-likeness (QED) is 0.776. The maximum atomic E-state index is 12.0. The molecule has 1 aromatic carbocycles. The first-order valence-corrected chi connectivity index (χ1v) is 4.64. The molecule has 0 atom stereocenters. The minimum absolute atomic E-state index is 0.327. The van der Waals surface area contributed by atoms with Crippen LogP contribution in [0.3, 0.4) is 0 Å². The average molecular weight is 226 g/mol. The molecule has 0 aliphatic heterocycles. The highest BCUT2D eigenvalue weighted by molar-refractivity contribution is 5.42. The van der Waals surface area contributed by atoms with Crippen LogP contribution < -0.4 is 4.74 Å². The fourth-order valence-corrected chi connectivity index (χ4v) is 1.51. The van der Waals surface area contributed by atoms with Crippen LogP contribution in [0, 0.1) is 17.4 Å². The smallest absolute Gasteiger partial charge is 0.406 e. The van der Waals surface area contributed by atoms with Gasteiger partial charge in [-0.3, -0.25) is 0 Å². The second-order valence-corrected chi connectivity index (χ2v) is 3.70. The molecule has 0 spiro atoms. The van der Waals surface area contributed by atoms with E-state index < -0.39 is 11.8 Å². The molecule has 0 aromatic heterocycles. The molecule has 2 rings (SSSR count). The maximum absolute atomic E-state index is 12.0. The van der Waals surface area contributed by atoms with Crippen molar-refractivity contribution in [3.05, 3.63) is 29.8 Å². The number of nitrogens with zero attached hydrogens (tertiary/aromatic N) is 1. The van der Waals surface area contributed by atoms with E-state index in [9.17, 15) is 13.2 Å². The Morgan fingerprint density at radius 1 is 1.38 bits per heavy atom. The summed E-state index contributed by atoms with van der Waals surface area (Å²) in [6.45, 7) is 0. The Morgan fingerprint density at radius 2 is 2.06 bits per heavy atom. The lowest BCUT2D eigenvalue weighted by Crippen LogP contribution is -2.17. The topological polar surface area (TPSA) is 33.0 Å². The lowest BCUT2D eigenvalue weighted by Gasteiger charge is -2.11. The van der Waals surface area contributed by atoms with Gasteiger partial charge in [0.25, 0.3) is 0 Å². The molecule has 1 aliphatic carbocycles. The van der Waals surface area contributed by atoms with E-state index in [2.05, 4.69) is 16.9 Å². The third kappa shape index (κ3) is 2.11. The number of hydrogen-bond acceptors (Lipinski definition) is 2. The van der Waals surface area contributed by atoms with Crippen molar-refractivity contribution in [2.75, 3.05) is 0 Å². The van der Waals surface area contributed by atoms with Gasteiger partial charge in [-0.15, -0.1) is 13.2 Å². The van der Waals surface area contributed by atoms with Gasteiger partial charge in [-0.05, 0) is 42.7 Å². The normalized spacial score (nSPS) is 17.6. The zero-order valence-corrected chi connectivity index (χ0v) is 8.14. The lowest BCUT2D eigenvalue weighted by atomic mass is 9.98. The van der Waals surface area contributed by atoms with Crippen molar-refractivity contribution in [2.24, 2.45) is 0 Å². The van der Waals surface area contributed by atoms with Crippen molar-refractivity contribution >= 4 is 0 Å². The number of alkyl halides is 3. The molecule has 0 amide bonds. The van der Waals surface area contributed by atoms with E-state index in [0.717, 1.165) is 6.07 Å². The van der Waals surface area contributed by atoms with Crippen molar-refractivity contribution in [1.29, 1.82) is 5.26 Å². The first-order valence-electron chi connectivity index (χ1n) is 4.64. The maximum Gasteiger partial charge on any atom is 0.573 e. The number of hydrogen-bond donors (Lipinski definition) is 0. The summed E-state index contributed by atoms with van der Waals surface area (Å²) in [4.78, 5) is 0. The van der Waals surface area contributed by atoms with Gasteiger partial charge in [0.2, 0.25) is 0 Å². The number of nitriles is 1. The van der Waals surface area contributed by atoms with Crippen LogP contribution in [-0.2, 0) is 5.41 Å². The second-order valence-electron chi connectivity index (χ2n) is 3.70. The Labute approximate surface area is 90.3 Å². The van der Waals surface area contributed by atoms with Gasteiger partial charge >= 0.3 is 6.36 Å². The predicted molar refractivity (Wildman–Crippen MR) is 48.5 cm³/mol. The van der Waals surface area contributed by atoms with Gasteiger partial charge in [0.15, 0.2) is 0 Å². The molecule has 2 nitrogen and oxygen atoms in total. The van der Waals surface area contributed by atoms with E-state index in [1.807, 2.05) is 0 Å². The summed E-state index contributed by atoms with van der Waals surface area (Å²) in [6.07, 6.45) is -3.37. The molecule has 5 heteroatoms. The fourth-order valence-electron chi connectivity index (χ4n) is 1.51. The van der Waals surface area contributed by atoms with Crippen LogP contribution in [0.1, 0.15) is 18.4 Å². The summed E-state index contributed by atoms with van der Waals surface area (Å²) in [5, 5.41) is 8.91. The van der Waals surface area contributed by atoms with E-state index in [1.54, 1.807) is 0 Å². The minimum Gasteiger partial charge on any atom is -0.406 e. The van der Waals surface area contributed by atoms with Crippen LogP contribution in [-0.4, -0.2) is 6.36 Å². The van der Waals surface area contributed by atoms with Gasteiger partial charge < -0.3 is 4.74 Å². The zero-order chi connectivity index (χ0) is 11.8. The molecule has 16 heavy (non-hydrogen) atoms. The Morgan fingerprint density at radius 3 is 2.56 bits per heavy atom. The number of rotatable bonds is 2. The Kier molecular flexibility index (Phi) is 2.30. The first-order chi connectivity index (χ1) is 7.45. The second kappa shape index (κ2) is 3.41. The molecule has 1 aliphatic rings. The van der Waals surface area contributed by atoms with Crippen LogP contribution in [0.25, 0.3) is 0 Å². The van der Waals surface area contributed by atoms with Gasteiger partial charge in [0.05, 0.1) is 11.5 Å². The molecule has 0 saturated heterocycles. The fraction of sp³-hybridized carbons (Fsp3) is 0.364. The molecule has 1 radical (unpaired) electrons. The molecule has 1 aromatic rings. The number of halogens is 3. The standard InChI is InChI=1S/C11H7F3NO/c12-11(13,14)16-9-3-1-2-8(6-9)10(7-15)4-5-10/h2-3,6H,4-5H2. The van der Waals surface area contributed by atoms with Crippen LogP contribution in [0.15, 0.2) is 18.2 Å². The summed E-state index contributed by atoms with van der Waals surface area (Å²) in [5.41, 5.74) is -0.0849. The van der Waals surface area contributed by atoms with Gasteiger partial charge in [-0.25, -0.2) is 0 Å². The molecule has 83 valence electrons. The number of ether oxygens (including phenoxy) is 1. The van der Waals surface area contributed by atoms with E-state index in [0.29, 0.717) is 18.4 Å². The zero-order valence-electron chi connectivity index (χ0n) is 8.14. The van der Waals surface area contributed by atoms with E-state index >= 15 is 0 Å². The van der Waals surface area contributed by atoms with Crippen molar-refractivity contribution in [2.45, 2.75) is 24.6 Å². The summed E-state index contributed by atoms with van der Waals surface area (Å²) >= 11 is 0. The van der Waals surface area contributed by atoms with Gasteiger partial charge in [-0.2, -0.15) is 5.26 Å². The molecule has 0 unspecified atom stereocenters. The summed E-state index contributed by atoms with van der Waals surface area (Å²) in [5.74, 6) is -0.327. The van der Waals surface area contributed by atoms with Crippen LogP contribution >= 0.6 is 0 Å². The van der Waals surface area contributed by atoms with Crippen molar-refractivity contribution in [3.8, 4) is 11.8 Å². The van der Waals surface area contributed by atoms with Crippen molar-refractivity contribution in [3.63, 3.8) is 0 Å². The van der Waals surface area contributed by atoms with E-state index in [-0.39, 0.29) is 5.75 Å². The van der Waals surface area contributed by atoms with Crippen molar-refractivity contribution < 1.29 is 17.9 Å². The van der Waals surface area contributed by atoms with Crippen LogP contribution in [0.4, 0.5) is 13.2 Å². The SMILES string of the molecule is N#CC1(c2c[c]cc(OC(F)(F)F)c2)CC1. The highest BCUT2D eigenvalue weighted by Gasteiger charge is 2.45. The predicted octanol–water partition coefficient (Wildman–Crippen LogP) is 2.94. The highest BCUT2D eigenvalue weighted by atomic mass is 19.4. The Balaban J connectivity index is 2.25. The summed E-state index contributed by atoms with van der Waals surface area (Å²) < 4.78 is 39.7. The molecule has 0 bridgehead atoms.